The lowest BCUT2D eigenvalue weighted by Crippen LogP contribution is -1.97. The zero-order chi connectivity index (χ0) is 8.43. The average molecular weight is 257 g/mol. The van der Waals surface area contributed by atoms with E-state index >= 15 is 0 Å². The van der Waals surface area contributed by atoms with Gasteiger partial charge in [-0.3, -0.25) is 0 Å². The summed E-state index contributed by atoms with van der Waals surface area (Å²) in [4.78, 5) is 0. The fraction of sp³-hybridized carbons (Fsp3) is 0.143. The molecule has 3 N–H and O–H groups in total. The van der Waals surface area contributed by atoms with Crippen LogP contribution in [0, 0.1) is 5.82 Å². The summed E-state index contributed by atoms with van der Waals surface area (Å²) in [5.41, 5.74) is 5.64. The zero-order valence-electron chi connectivity index (χ0n) is 6.05. The standard InChI is InChI=1S/C7H7BrFNO.ClH/c8-5-1-4(3-10)7(11)6(9)2-5;/h1-2,11H,3,10H2;1H. The molecule has 12 heavy (non-hydrogen) atoms. The Labute approximate surface area is 84.1 Å². The van der Waals surface area contributed by atoms with E-state index in [1.54, 1.807) is 6.07 Å². The quantitative estimate of drug-likeness (QED) is 0.809. The van der Waals surface area contributed by atoms with Crippen LogP contribution < -0.4 is 5.73 Å². The van der Waals surface area contributed by atoms with Crippen LogP contribution in [0.2, 0.25) is 0 Å². The van der Waals surface area contributed by atoms with Crippen LogP contribution in [0.25, 0.3) is 0 Å². The molecule has 0 unspecified atom stereocenters. The van der Waals surface area contributed by atoms with Crippen LogP contribution in [-0.2, 0) is 6.54 Å². The predicted molar refractivity (Wildman–Crippen MR) is 50.9 cm³/mol. The Balaban J connectivity index is 0.00000121. The Bertz CT molecular complexity index is 282. The van der Waals surface area contributed by atoms with Crippen molar-refractivity contribution < 1.29 is 9.50 Å². The maximum Gasteiger partial charge on any atom is 0.166 e. The molecule has 0 aliphatic rings. The minimum atomic E-state index is -0.653. The molecule has 0 aromatic heterocycles. The molecule has 5 heteroatoms. The smallest absolute Gasteiger partial charge is 0.166 e. The Morgan fingerprint density at radius 3 is 2.58 bits per heavy atom. The number of phenols is 1. The van der Waals surface area contributed by atoms with Gasteiger partial charge in [0.2, 0.25) is 0 Å². The second-order valence-electron chi connectivity index (χ2n) is 2.10. The van der Waals surface area contributed by atoms with Gasteiger partial charge in [-0.05, 0) is 12.1 Å². The molecule has 0 aliphatic carbocycles. The van der Waals surface area contributed by atoms with Gasteiger partial charge >= 0.3 is 0 Å². The van der Waals surface area contributed by atoms with Crippen molar-refractivity contribution in [2.45, 2.75) is 6.54 Å². The van der Waals surface area contributed by atoms with Gasteiger partial charge in [0.15, 0.2) is 11.6 Å². The van der Waals surface area contributed by atoms with Crippen molar-refractivity contribution in [3.05, 3.63) is 28.0 Å². The highest BCUT2D eigenvalue weighted by molar-refractivity contribution is 9.10. The highest BCUT2D eigenvalue weighted by atomic mass is 79.9. The van der Waals surface area contributed by atoms with E-state index in [1.165, 1.54) is 6.07 Å². The molecule has 1 rings (SSSR count). The molecule has 0 bridgehead atoms. The van der Waals surface area contributed by atoms with Gasteiger partial charge in [-0.2, -0.15) is 0 Å². The zero-order valence-corrected chi connectivity index (χ0v) is 8.45. The van der Waals surface area contributed by atoms with Crippen molar-refractivity contribution in [2.24, 2.45) is 5.73 Å². The number of phenolic OH excluding ortho intramolecular Hbond substituents is 1. The fourth-order valence-electron chi connectivity index (χ4n) is 0.775. The number of halogens is 3. The third kappa shape index (κ3) is 2.33. The van der Waals surface area contributed by atoms with Crippen LogP contribution in [0.5, 0.6) is 5.75 Å². The van der Waals surface area contributed by atoms with E-state index in [2.05, 4.69) is 15.9 Å². The number of hydrogen-bond acceptors (Lipinski definition) is 2. The Morgan fingerprint density at radius 1 is 1.50 bits per heavy atom. The largest absolute Gasteiger partial charge is 0.505 e. The summed E-state index contributed by atoms with van der Waals surface area (Å²) < 4.78 is 13.3. The second-order valence-corrected chi connectivity index (χ2v) is 3.02. The fourth-order valence-corrected chi connectivity index (χ4v) is 1.25. The summed E-state index contributed by atoms with van der Waals surface area (Å²) in [5, 5.41) is 9.05. The molecular weight excluding hydrogens is 248 g/mol. The van der Waals surface area contributed by atoms with E-state index in [-0.39, 0.29) is 24.7 Å². The van der Waals surface area contributed by atoms with Gasteiger partial charge in [-0.15, -0.1) is 12.4 Å². The van der Waals surface area contributed by atoms with Crippen molar-refractivity contribution in [1.29, 1.82) is 0 Å². The molecule has 0 saturated heterocycles. The number of nitrogens with two attached hydrogens (primary N) is 1. The van der Waals surface area contributed by atoms with Crippen LogP contribution in [0.1, 0.15) is 5.56 Å². The summed E-state index contributed by atoms with van der Waals surface area (Å²) in [5.74, 6) is -1.02. The van der Waals surface area contributed by atoms with Gasteiger partial charge < -0.3 is 10.8 Å². The van der Waals surface area contributed by atoms with Crippen LogP contribution >= 0.6 is 28.3 Å². The summed E-state index contributed by atoms with van der Waals surface area (Å²) >= 11 is 3.08. The van der Waals surface area contributed by atoms with E-state index in [0.717, 1.165) is 0 Å². The maximum absolute atomic E-state index is 12.7. The minimum absolute atomic E-state index is 0. The summed E-state index contributed by atoms with van der Waals surface area (Å²) in [6, 6.07) is 2.77. The summed E-state index contributed by atoms with van der Waals surface area (Å²) in [7, 11) is 0. The van der Waals surface area contributed by atoms with E-state index in [9.17, 15) is 4.39 Å². The van der Waals surface area contributed by atoms with Gasteiger partial charge in [-0.25, -0.2) is 4.39 Å². The van der Waals surface area contributed by atoms with Gasteiger partial charge in [0, 0.05) is 16.6 Å². The molecule has 1 aromatic rings. The molecule has 0 aliphatic heterocycles. The molecule has 0 heterocycles. The predicted octanol–water partition coefficient (Wildman–Crippen LogP) is 2.17. The topological polar surface area (TPSA) is 46.2 Å². The molecule has 0 fully saturated rings. The molecule has 0 atom stereocenters. The first-order chi connectivity index (χ1) is 5.15. The number of benzene rings is 1. The third-order valence-corrected chi connectivity index (χ3v) is 1.78. The maximum atomic E-state index is 12.7. The van der Waals surface area contributed by atoms with E-state index in [4.69, 9.17) is 10.8 Å². The first-order valence-corrected chi connectivity index (χ1v) is 3.81. The van der Waals surface area contributed by atoms with Crippen LogP contribution in [-0.4, -0.2) is 5.11 Å². The Kier molecular flexibility index (Phi) is 4.52. The molecular formula is C7H8BrClFNO. The Morgan fingerprint density at radius 2 is 2.08 bits per heavy atom. The van der Waals surface area contributed by atoms with Crippen molar-refractivity contribution in [3.63, 3.8) is 0 Å². The monoisotopic (exact) mass is 255 g/mol. The molecule has 0 spiro atoms. The van der Waals surface area contributed by atoms with E-state index in [1.807, 2.05) is 0 Å². The third-order valence-electron chi connectivity index (χ3n) is 1.33. The van der Waals surface area contributed by atoms with Gasteiger partial charge in [0.25, 0.3) is 0 Å². The van der Waals surface area contributed by atoms with Gasteiger partial charge in [0.1, 0.15) is 0 Å². The molecule has 1 aromatic carbocycles. The Hall–Kier alpha value is -0.320. The lowest BCUT2D eigenvalue weighted by Gasteiger charge is -2.02. The van der Waals surface area contributed by atoms with Crippen molar-refractivity contribution >= 4 is 28.3 Å². The SMILES string of the molecule is Cl.NCc1cc(Br)cc(F)c1O. The second kappa shape index (κ2) is 4.64. The normalized spacial score (nSPS) is 9.25. The molecule has 0 amide bonds. The first-order valence-electron chi connectivity index (χ1n) is 3.02. The number of rotatable bonds is 1. The minimum Gasteiger partial charge on any atom is -0.505 e. The van der Waals surface area contributed by atoms with Crippen LogP contribution in [0.3, 0.4) is 0 Å². The molecule has 0 radical (unpaired) electrons. The summed E-state index contributed by atoms with van der Waals surface area (Å²) in [6.07, 6.45) is 0. The lowest BCUT2D eigenvalue weighted by atomic mass is 10.2. The van der Waals surface area contributed by atoms with Crippen LogP contribution in [0.4, 0.5) is 4.39 Å². The van der Waals surface area contributed by atoms with Gasteiger partial charge in [-0.1, -0.05) is 15.9 Å². The van der Waals surface area contributed by atoms with Gasteiger partial charge in [0.05, 0.1) is 0 Å². The average Bonchev–Trinajstić information content (AvgIpc) is 1.96. The van der Waals surface area contributed by atoms with Crippen molar-refractivity contribution in [2.75, 3.05) is 0 Å². The number of hydrogen-bond donors (Lipinski definition) is 2. The van der Waals surface area contributed by atoms with Crippen LogP contribution in [0.15, 0.2) is 16.6 Å². The van der Waals surface area contributed by atoms with Crippen molar-refractivity contribution in [1.82, 2.24) is 0 Å². The highest BCUT2D eigenvalue weighted by Crippen LogP contribution is 2.25. The first kappa shape index (κ1) is 11.7. The van der Waals surface area contributed by atoms with Crippen molar-refractivity contribution in [3.8, 4) is 5.75 Å². The summed E-state index contributed by atoms with van der Waals surface area (Å²) in [6.45, 7) is 0.127. The molecule has 68 valence electrons. The van der Waals surface area contributed by atoms with E-state index in [0.29, 0.717) is 10.0 Å². The molecule has 2 nitrogen and oxygen atoms in total. The number of aromatic hydroxyl groups is 1. The lowest BCUT2D eigenvalue weighted by molar-refractivity contribution is 0.426. The molecule has 0 saturated carbocycles. The van der Waals surface area contributed by atoms with E-state index < -0.39 is 5.82 Å². The highest BCUT2D eigenvalue weighted by Gasteiger charge is 2.06.